The second-order valence-electron chi connectivity index (χ2n) is 34.0. The van der Waals surface area contributed by atoms with Crippen LogP contribution in [-0.4, -0.2) is 241 Å². The van der Waals surface area contributed by atoms with Crippen molar-refractivity contribution in [3.8, 4) is 0 Å². The number of benzene rings is 6. The average Bonchev–Trinajstić information content (AvgIpc) is 0.819. The Morgan fingerprint density at radius 1 is 0.358 bits per heavy atom. The largest absolute Gasteiger partial charge is 0.416 e. The van der Waals surface area contributed by atoms with E-state index in [1.54, 1.807) is 77.2 Å². The lowest BCUT2D eigenvalue weighted by atomic mass is 9.91. The van der Waals surface area contributed by atoms with E-state index in [4.69, 9.17) is 81.2 Å². The number of hydrogen-bond acceptors (Lipinski definition) is 15. The van der Waals surface area contributed by atoms with E-state index in [2.05, 4.69) is 95.4 Å². The summed E-state index contributed by atoms with van der Waals surface area (Å²) in [7, 11) is 0. The summed E-state index contributed by atoms with van der Waals surface area (Å²) in [5.74, 6) is 3.67. The zero-order chi connectivity index (χ0) is 97.4. The van der Waals surface area contributed by atoms with Crippen LogP contribution in [0.5, 0.6) is 0 Å². The minimum atomic E-state index is -4.37. The summed E-state index contributed by atoms with van der Waals surface area (Å²) in [6.07, 6.45) is 6.74. The van der Waals surface area contributed by atoms with E-state index in [0.717, 1.165) is 83.0 Å². The molecule has 0 unspecified atom stereocenters. The Morgan fingerprint density at radius 3 is 1.09 bits per heavy atom. The van der Waals surface area contributed by atoms with Gasteiger partial charge in [-0.25, -0.2) is 53.3 Å². The van der Waals surface area contributed by atoms with Gasteiger partial charge in [-0.1, -0.05) is 196 Å². The quantitative estimate of drug-likeness (QED) is 0.0420. The van der Waals surface area contributed by atoms with Gasteiger partial charge in [0.1, 0.15) is 34.9 Å². The standard InChI is InChI=1S/C24H25ClN4O.C20H22ClF3N4O.C20H24ClFN4O.C19H22Cl2N4O.C18H20Cl2N4O/c25-22-12-7-13-26-23(22)28-14-16-29(17-15-28)24(30)27-18-21(19-8-3-1-4-9-19)20-10-5-2-6-11-20;1-14-13-27(18-17(21)6-3-8-25-18)10-11-28(14)19(29)26-9-7-15-4-2-5-16(12-15)20(22,23)24;1-20(2,14-15-5-7-16(22)8-6-15)24-19(27)26-12-10-25(11-13-26)18-17(21)4-3-9-23-18;1-14-13-24(18-17(21)3-2-9-22-18)11-12-25(14)19(26)23-10-8-15-4-6-16(20)7-5-15;19-15-4-1-3-14(13-15)6-8-22-18(25)24-11-9-23(10-12-24)17-16(20)5-2-7-21-17/h1-13,21H,14-18H2,(H,27,30);2-6,8,12,14H,7,9-11,13H2,1H3,(H,26,29);3-9H,10-14H2,1-2H3,(H,24,27);2-7,9,14H,8,10-13H2,1H3,(H,23,26);1-5,7,13H,6,8-12H2,(H,22,25)/t;14-;;14-;/m.1.1./s1. The van der Waals surface area contributed by atoms with Crippen molar-refractivity contribution < 1.29 is 41.5 Å². The van der Waals surface area contributed by atoms with Gasteiger partial charge in [0.2, 0.25) is 0 Å². The Morgan fingerprint density at radius 2 is 0.708 bits per heavy atom. The van der Waals surface area contributed by atoms with Gasteiger partial charge >= 0.3 is 36.3 Å². The highest BCUT2D eigenvalue weighted by atomic mass is 35.5. The predicted octanol–water partition coefficient (Wildman–Crippen LogP) is 19.7. The van der Waals surface area contributed by atoms with Gasteiger partial charge in [0.05, 0.1) is 30.7 Å². The molecule has 5 saturated heterocycles. The fourth-order valence-electron chi connectivity index (χ4n) is 16.4. The molecule has 0 bridgehead atoms. The molecule has 5 aliphatic heterocycles. The molecular weight excluding hydrogens is 1900 g/mol. The van der Waals surface area contributed by atoms with Gasteiger partial charge in [-0.05, 0) is 190 Å². The summed E-state index contributed by atoms with van der Waals surface area (Å²) in [4.78, 5) is 104. The SMILES string of the molecule is CC(C)(Cc1ccc(F)cc1)NC(=O)N1CCN(c2ncccc2Cl)CC1.C[C@@H]1CN(c2ncccc2Cl)CCN1C(=O)NCCc1ccc(Cl)cc1.C[C@@H]1CN(c2ncccc2Cl)CCN1C(=O)NCCc1cccc(C(F)(F)F)c1.O=C(NCC(c1ccccc1)c1ccccc1)N1CCN(c2ncccc2Cl)CC1.O=C(NCCc1cccc(Cl)c1)N1CCN(c2ncccc2Cl)CC1. The second-order valence-corrected chi connectivity index (χ2v) is 36.9. The first-order valence-electron chi connectivity index (χ1n) is 45.5. The zero-order valence-corrected chi connectivity index (χ0v) is 82.0. The van der Waals surface area contributed by atoms with Crippen LogP contribution in [0.2, 0.25) is 35.2 Å². The number of alkyl halides is 3. The maximum atomic E-state index is 13.1. The van der Waals surface area contributed by atoms with E-state index in [1.807, 2.05) is 175 Å². The first-order chi connectivity index (χ1) is 66.0. The van der Waals surface area contributed by atoms with Crippen LogP contribution in [0.15, 0.2) is 249 Å². The number of urea groups is 5. The van der Waals surface area contributed by atoms with Gasteiger partial charge in [-0.2, -0.15) is 13.2 Å². The Hall–Kier alpha value is -11.8. The molecule has 11 aromatic rings. The summed E-state index contributed by atoms with van der Waals surface area (Å²) < 4.78 is 51.4. The molecule has 5 N–H and O–H groups in total. The number of carbonyl (C=O) groups excluding carboxylic acids is 5. The van der Waals surface area contributed by atoms with Crippen LogP contribution in [0.3, 0.4) is 0 Å². The van der Waals surface area contributed by atoms with E-state index < -0.39 is 17.3 Å². The molecule has 0 radical (unpaired) electrons. The molecule has 0 spiro atoms. The number of rotatable bonds is 21. The molecule has 5 fully saturated rings. The predicted molar refractivity (Wildman–Crippen MR) is 541 cm³/mol. The summed E-state index contributed by atoms with van der Waals surface area (Å²) >= 11 is 43.0. The highest BCUT2D eigenvalue weighted by Gasteiger charge is 2.35. The molecule has 10 amide bonds. The topological polar surface area (TPSA) is 242 Å². The summed E-state index contributed by atoms with van der Waals surface area (Å²) in [5.41, 5.74) is 5.05. The fraction of sp³-hybridized carbons (Fsp3) is 0.347. The molecule has 16 rings (SSSR count). The molecule has 724 valence electrons. The van der Waals surface area contributed by atoms with Crippen LogP contribution in [0.1, 0.15) is 72.6 Å². The number of amides is 10. The number of halogens is 11. The lowest BCUT2D eigenvalue weighted by Gasteiger charge is -2.40. The van der Waals surface area contributed by atoms with Crippen molar-refractivity contribution in [3.63, 3.8) is 0 Å². The van der Waals surface area contributed by atoms with Gasteiger partial charge in [-0.3, -0.25) is 0 Å². The van der Waals surface area contributed by atoms with Crippen molar-refractivity contribution in [2.75, 3.05) is 168 Å². The van der Waals surface area contributed by atoms with Gasteiger partial charge in [0, 0.05) is 209 Å². The van der Waals surface area contributed by atoms with Crippen molar-refractivity contribution in [3.05, 3.63) is 329 Å². The maximum Gasteiger partial charge on any atom is 0.416 e. The number of anilines is 5. The monoisotopic (exact) mass is 2010 g/mol. The molecule has 0 saturated carbocycles. The molecule has 5 aliphatic rings. The van der Waals surface area contributed by atoms with E-state index >= 15 is 0 Å². The molecular formula is C101H113Cl7F4N20O5. The number of pyridine rings is 5. The van der Waals surface area contributed by atoms with Gasteiger partial charge in [-0.15, -0.1) is 0 Å². The van der Waals surface area contributed by atoms with E-state index in [0.29, 0.717) is 179 Å². The maximum absolute atomic E-state index is 13.1. The Balaban J connectivity index is 0.000000154. The smallest absolute Gasteiger partial charge is 0.352 e. The van der Waals surface area contributed by atoms with Gasteiger partial charge in [0.25, 0.3) is 0 Å². The van der Waals surface area contributed by atoms with Crippen LogP contribution >= 0.6 is 81.2 Å². The van der Waals surface area contributed by atoms with Gasteiger partial charge in [0.15, 0.2) is 0 Å². The molecule has 5 aromatic heterocycles. The Kier molecular flexibility index (Phi) is 39.2. The van der Waals surface area contributed by atoms with E-state index in [9.17, 15) is 41.5 Å². The third kappa shape index (κ3) is 31.6. The number of nitrogens with zero attached hydrogens (tertiary/aromatic N) is 15. The summed E-state index contributed by atoms with van der Waals surface area (Å²) in [5, 5.41) is 19.6. The average molecular weight is 2010 g/mol. The fourth-order valence-corrected chi connectivity index (χ4v) is 18.0. The molecule has 25 nitrogen and oxygen atoms in total. The zero-order valence-electron chi connectivity index (χ0n) is 76.7. The lowest BCUT2D eigenvalue weighted by Crippen LogP contribution is -2.57. The highest BCUT2D eigenvalue weighted by Crippen LogP contribution is 2.33. The molecule has 137 heavy (non-hydrogen) atoms. The van der Waals surface area contributed by atoms with Crippen molar-refractivity contribution >= 4 is 140 Å². The van der Waals surface area contributed by atoms with Crippen molar-refractivity contribution in [1.82, 2.24) is 76.0 Å². The Labute approximate surface area is 833 Å². The Bertz CT molecular complexity index is 5660. The van der Waals surface area contributed by atoms with Crippen LogP contribution in [0.4, 0.5) is 70.6 Å². The van der Waals surface area contributed by atoms with Crippen molar-refractivity contribution in [2.24, 2.45) is 0 Å². The van der Waals surface area contributed by atoms with Crippen molar-refractivity contribution in [1.29, 1.82) is 0 Å². The number of aromatic nitrogens is 5. The third-order valence-electron chi connectivity index (χ3n) is 23.7. The van der Waals surface area contributed by atoms with Crippen molar-refractivity contribution in [2.45, 2.75) is 83.1 Å². The third-order valence-corrected chi connectivity index (χ3v) is 25.6. The second kappa shape index (κ2) is 51.5. The number of nitrogens with one attached hydrogen (secondary N) is 5. The molecule has 0 aliphatic carbocycles. The lowest BCUT2D eigenvalue weighted by molar-refractivity contribution is -0.137. The number of hydrogen-bond donors (Lipinski definition) is 5. The summed E-state index contributed by atoms with van der Waals surface area (Å²) in [6.45, 7) is 21.7. The van der Waals surface area contributed by atoms with Crippen LogP contribution < -0.4 is 51.1 Å². The van der Waals surface area contributed by atoms with Crippen LogP contribution in [0.25, 0.3) is 0 Å². The van der Waals surface area contributed by atoms with E-state index in [-0.39, 0.29) is 60.5 Å². The van der Waals surface area contributed by atoms with Gasteiger partial charge < -0.3 is 75.6 Å². The van der Waals surface area contributed by atoms with Crippen LogP contribution in [0, 0.1) is 5.82 Å². The van der Waals surface area contributed by atoms with E-state index in [1.165, 1.54) is 29.3 Å². The van der Waals surface area contributed by atoms with Crippen LogP contribution in [-0.2, 0) is 31.9 Å². The first-order valence-corrected chi connectivity index (χ1v) is 48.1. The number of piperazine rings is 5. The first kappa shape index (κ1) is 104. The molecule has 6 aromatic carbocycles. The highest BCUT2D eigenvalue weighted by molar-refractivity contribution is 6.34. The minimum absolute atomic E-state index is 0.0290. The normalized spacial score (nSPS) is 15.6. The molecule has 10 heterocycles. The summed E-state index contributed by atoms with van der Waals surface area (Å²) in [6, 6.07) is 65.3. The molecule has 2 atom stereocenters. The minimum Gasteiger partial charge on any atom is -0.352 e. The number of carbonyl (C=O) groups is 5. The molecule has 36 heteroatoms.